The molecule has 1 rings (SSSR count). The fourth-order valence-electron chi connectivity index (χ4n) is 0.832. The van der Waals surface area contributed by atoms with E-state index in [0.717, 1.165) is 5.69 Å². The van der Waals surface area contributed by atoms with Gasteiger partial charge >= 0.3 is 0 Å². The Morgan fingerprint density at radius 2 is 1.93 bits per heavy atom. The van der Waals surface area contributed by atoms with Gasteiger partial charge < -0.3 is 5.73 Å². The third kappa shape index (κ3) is 2.90. The van der Waals surface area contributed by atoms with E-state index in [9.17, 15) is 4.79 Å². The van der Waals surface area contributed by atoms with E-state index in [2.05, 4.69) is 10.5 Å². The van der Waals surface area contributed by atoms with Crippen LogP contribution >= 0.6 is 0 Å². The van der Waals surface area contributed by atoms with Gasteiger partial charge in [-0.05, 0) is 19.1 Å². The van der Waals surface area contributed by atoms with E-state index in [1.54, 1.807) is 0 Å². The average Bonchev–Trinajstić information content (AvgIpc) is 2.16. The van der Waals surface area contributed by atoms with Crippen LogP contribution in [-0.4, -0.2) is 11.6 Å². The summed E-state index contributed by atoms with van der Waals surface area (Å²) < 4.78 is 0. The standard InChI is InChI=1S/C10H13N3O/c1-7-3-5-9(6-4-7)12-13-10(11)8(2)14/h3-6,12H,1-2H3,(H2,11,13). The number of carbonyl (C=O) groups is 1. The first-order valence-corrected chi connectivity index (χ1v) is 4.26. The third-order valence-corrected chi connectivity index (χ3v) is 1.72. The maximum Gasteiger partial charge on any atom is 0.196 e. The average molecular weight is 191 g/mol. The molecule has 0 bridgehead atoms. The minimum atomic E-state index is -0.246. The summed E-state index contributed by atoms with van der Waals surface area (Å²) in [6.45, 7) is 3.37. The van der Waals surface area contributed by atoms with Crippen LogP contribution in [0.15, 0.2) is 29.4 Å². The monoisotopic (exact) mass is 191 g/mol. The van der Waals surface area contributed by atoms with Crippen molar-refractivity contribution >= 4 is 17.3 Å². The molecule has 0 amide bonds. The van der Waals surface area contributed by atoms with Gasteiger partial charge in [0.2, 0.25) is 0 Å². The Labute approximate surface area is 82.8 Å². The van der Waals surface area contributed by atoms with E-state index in [1.165, 1.54) is 12.5 Å². The number of benzene rings is 1. The molecule has 0 fully saturated rings. The van der Waals surface area contributed by atoms with Crippen molar-refractivity contribution in [3.63, 3.8) is 0 Å². The van der Waals surface area contributed by atoms with Gasteiger partial charge in [0, 0.05) is 6.92 Å². The molecule has 74 valence electrons. The Morgan fingerprint density at radius 3 is 2.43 bits per heavy atom. The number of ketones is 1. The molecule has 0 heterocycles. The summed E-state index contributed by atoms with van der Waals surface area (Å²) in [7, 11) is 0. The molecule has 14 heavy (non-hydrogen) atoms. The summed E-state index contributed by atoms with van der Waals surface area (Å²) in [5, 5.41) is 3.72. The lowest BCUT2D eigenvalue weighted by Crippen LogP contribution is -2.22. The molecule has 0 aliphatic rings. The predicted octanol–water partition coefficient (Wildman–Crippen LogP) is 1.27. The zero-order chi connectivity index (χ0) is 10.6. The van der Waals surface area contributed by atoms with Crippen molar-refractivity contribution in [1.82, 2.24) is 0 Å². The summed E-state index contributed by atoms with van der Waals surface area (Å²) in [6, 6.07) is 7.63. The number of amidine groups is 1. The number of hydrazone groups is 1. The lowest BCUT2D eigenvalue weighted by Gasteiger charge is -2.01. The summed E-state index contributed by atoms with van der Waals surface area (Å²) in [6.07, 6.45) is 0. The first kappa shape index (κ1) is 10.2. The number of carbonyl (C=O) groups excluding carboxylic acids is 1. The van der Waals surface area contributed by atoms with Crippen LogP contribution < -0.4 is 11.2 Å². The molecule has 4 nitrogen and oxygen atoms in total. The number of anilines is 1. The van der Waals surface area contributed by atoms with E-state index in [1.807, 2.05) is 31.2 Å². The second-order valence-corrected chi connectivity index (χ2v) is 3.03. The SMILES string of the molecule is CC(=O)/C(N)=N\Nc1ccc(C)cc1. The van der Waals surface area contributed by atoms with Gasteiger partial charge in [-0.15, -0.1) is 0 Å². The fourth-order valence-corrected chi connectivity index (χ4v) is 0.832. The van der Waals surface area contributed by atoms with Gasteiger partial charge in [-0.1, -0.05) is 17.7 Å². The van der Waals surface area contributed by atoms with Crippen LogP contribution in [0.2, 0.25) is 0 Å². The highest BCUT2D eigenvalue weighted by molar-refractivity contribution is 6.37. The van der Waals surface area contributed by atoms with Crippen LogP contribution in [-0.2, 0) is 4.79 Å². The number of rotatable bonds is 3. The zero-order valence-electron chi connectivity index (χ0n) is 8.24. The molecule has 0 unspecified atom stereocenters. The van der Waals surface area contributed by atoms with E-state index in [-0.39, 0.29) is 11.6 Å². The van der Waals surface area contributed by atoms with Crippen molar-refractivity contribution in [2.45, 2.75) is 13.8 Å². The van der Waals surface area contributed by atoms with Crippen molar-refractivity contribution in [2.75, 3.05) is 5.43 Å². The van der Waals surface area contributed by atoms with Crippen LogP contribution in [0.4, 0.5) is 5.69 Å². The van der Waals surface area contributed by atoms with Crippen molar-refractivity contribution in [3.05, 3.63) is 29.8 Å². The van der Waals surface area contributed by atoms with E-state index in [4.69, 9.17) is 5.73 Å². The van der Waals surface area contributed by atoms with Gasteiger partial charge in [-0.2, -0.15) is 5.10 Å². The number of Topliss-reactive ketones (excluding diaryl/α,β-unsaturated/α-hetero) is 1. The first-order valence-electron chi connectivity index (χ1n) is 4.26. The molecule has 0 aliphatic heterocycles. The number of hydrogen-bond donors (Lipinski definition) is 2. The van der Waals surface area contributed by atoms with Gasteiger partial charge in [-0.3, -0.25) is 10.2 Å². The number of nitrogens with one attached hydrogen (secondary N) is 1. The Hall–Kier alpha value is -1.84. The maximum atomic E-state index is 10.7. The van der Waals surface area contributed by atoms with E-state index >= 15 is 0 Å². The molecule has 0 aliphatic carbocycles. The highest BCUT2D eigenvalue weighted by atomic mass is 16.1. The molecule has 0 saturated carbocycles. The normalized spacial score (nSPS) is 11.1. The molecule has 0 atom stereocenters. The lowest BCUT2D eigenvalue weighted by atomic mass is 10.2. The number of nitrogens with two attached hydrogens (primary N) is 1. The summed E-state index contributed by atoms with van der Waals surface area (Å²) in [5.41, 5.74) is 10.00. The van der Waals surface area contributed by atoms with Crippen LogP contribution in [0.5, 0.6) is 0 Å². The van der Waals surface area contributed by atoms with Crippen LogP contribution in [0.1, 0.15) is 12.5 Å². The summed E-state index contributed by atoms with van der Waals surface area (Å²) in [5.74, 6) is -0.268. The Morgan fingerprint density at radius 1 is 1.36 bits per heavy atom. The van der Waals surface area contributed by atoms with Crippen molar-refractivity contribution in [1.29, 1.82) is 0 Å². The van der Waals surface area contributed by atoms with Crippen LogP contribution in [0, 0.1) is 6.92 Å². The Kier molecular flexibility index (Phi) is 3.23. The highest BCUT2D eigenvalue weighted by Crippen LogP contribution is 2.07. The van der Waals surface area contributed by atoms with Gasteiger partial charge in [-0.25, -0.2) is 0 Å². The topological polar surface area (TPSA) is 67.5 Å². The quantitative estimate of drug-likeness (QED) is 0.429. The molecule has 0 aromatic heterocycles. The van der Waals surface area contributed by atoms with E-state index in [0.29, 0.717) is 0 Å². The van der Waals surface area contributed by atoms with E-state index < -0.39 is 0 Å². The molecule has 1 aromatic carbocycles. The number of nitrogens with zero attached hydrogens (tertiary/aromatic N) is 1. The first-order chi connectivity index (χ1) is 6.59. The maximum absolute atomic E-state index is 10.7. The fraction of sp³-hybridized carbons (Fsp3) is 0.200. The Bertz CT molecular complexity index is 354. The van der Waals surface area contributed by atoms with Crippen LogP contribution in [0.3, 0.4) is 0 Å². The zero-order valence-corrected chi connectivity index (χ0v) is 8.24. The van der Waals surface area contributed by atoms with Gasteiger partial charge in [0.15, 0.2) is 11.6 Å². The van der Waals surface area contributed by atoms with Gasteiger partial charge in [0.1, 0.15) is 0 Å². The summed E-state index contributed by atoms with van der Waals surface area (Å²) in [4.78, 5) is 10.7. The molecule has 3 N–H and O–H groups in total. The lowest BCUT2D eigenvalue weighted by molar-refractivity contribution is -0.111. The molecule has 0 spiro atoms. The minimum Gasteiger partial charge on any atom is -0.379 e. The summed E-state index contributed by atoms with van der Waals surface area (Å²) >= 11 is 0. The number of hydrogen-bond acceptors (Lipinski definition) is 3. The minimum absolute atomic E-state index is 0.0226. The van der Waals surface area contributed by atoms with Crippen molar-refractivity contribution in [3.8, 4) is 0 Å². The second-order valence-electron chi connectivity index (χ2n) is 3.03. The van der Waals surface area contributed by atoms with Gasteiger partial charge in [0.25, 0.3) is 0 Å². The second kappa shape index (κ2) is 4.41. The predicted molar refractivity (Wildman–Crippen MR) is 57.1 cm³/mol. The van der Waals surface area contributed by atoms with Crippen molar-refractivity contribution < 1.29 is 4.79 Å². The number of aryl methyl sites for hydroxylation is 1. The van der Waals surface area contributed by atoms with Crippen LogP contribution in [0.25, 0.3) is 0 Å². The highest BCUT2D eigenvalue weighted by Gasteiger charge is 1.97. The molecule has 0 saturated heterocycles. The molecule has 4 heteroatoms. The van der Waals surface area contributed by atoms with Crippen molar-refractivity contribution in [2.24, 2.45) is 10.8 Å². The third-order valence-electron chi connectivity index (χ3n) is 1.72. The molecule has 0 radical (unpaired) electrons. The molecule has 1 aromatic rings. The largest absolute Gasteiger partial charge is 0.379 e. The van der Waals surface area contributed by atoms with Gasteiger partial charge in [0.05, 0.1) is 5.69 Å². The molecular formula is C10H13N3O. The smallest absolute Gasteiger partial charge is 0.196 e. The Balaban J connectivity index is 2.66. The molecular weight excluding hydrogens is 178 g/mol.